The van der Waals surface area contributed by atoms with E-state index in [9.17, 15) is 19.2 Å². The maximum atomic E-state index is 12.4. The Morgan fingerprint density at radius 3 is 2.52 bits per heavy atom. The predicted molar refractivity (Wildman–Crippen MR) is 89.3 cm³/mol. The number of pyridine rings is 1. The number of fused-ring (bicyclic) bond motifs is 1. The normalized spacial score (nSPS) is 12.8. The number of aromatic nitrogens is 1. The van der Waals surface area contributed by atoms with Gasteiger partial charge in [0.05, 0.1) is 34.5 Å². The molecule has 0 fully saturated rings. The van der Waals surface area contributed by atoms with E-state index in [1.54, 1.807) is 6.92 Å². The number of imide groups is 1. The van der Waals surface area contributed by atoms with E-state index in [1.165, 1.54) is 19.2 Å². The van der Waals surface area contributed by atoms with Crippen molar-refractivity contribution >= 4 is 35.2 Å². The molecule has 1 aromatic carbocycles. The molecule has 2 heterocycles. The second-order valence-corrected chi connectivity index (χ2v) is 5.79. The van der Waals surface area contributed by atoms with Gasteiger partial charge in [0.2, 0.25) is 0 Å². The number of ether oxygens (including phenoxy) is 1. The van der Waals surface area contributed by atoms with Crippen molar-refractivity contribution in [1.82, 2.24) is 9.88 Å². The van der Waals surface area contributed by atoms with Gasteiger partial charge in [-0.3, -0.25) is 24.3 Å². The van der Waals surface area contributed by atoms with Crippen LogP contribution in [0.15, 0.2) is 23.0 Å². The number of anilines is 1. The highest BCUT2D eigenvalue weighted by Gasteiger charge is 2.32. The minimum absolute atomic E-state index is 0.0553. The number of nitrogens with one attached hydrogen (secondary N) is 1. The Balaban J connectivity index is 2.29. The summed E-state index contributed by atoms with van der Waals surface area (Å²) in [5.74, 6) is -2.16. The summed E-state index contributed by atoms with van der Waals surface area (Å²) < 4.78 is 5.71. The molecular weight excluding hydrogens is 350 g/mol. The first-order valence-corrected chi connectivity index (χ1v) is 7.44. The zero-order valence-corrected chi connectivity index (χ0v) is 13.9. The number of methoxy groups -OCH3 is 1. The number of nitrogen functional groups attached to an aromatic ring is 1. The van der Waals surface area contributed by atoms with Crippen molar-refractivity contribution in [1.29, 1.82) is 0 Å². The van der Waals surface area contributed by atoms with Crippen molar-refractivity contribution in [3.8, 4) is 5.69 Å². The SMILES string of the molecule is COC(=O)c1cc(C)c(-n2c(N)c3c(cc2=O)C(=O)NC3=O)cc1Cl. The van der Waals surface area contributed by atoms with E-state index in [2.05, 4.69) is 10.1 Å². The highest BCUT2D eigenvalue weighted by molar-refractivity contribution is 6.33. The molecular formula is C16H12ClN3O5. The number of amides is 2. The Bertz CT molecular complexity index is 1030. The molecule has 3 rings (SSSR count). The minimum atomic E-state index is -0.679. The zero-order valence-electron chi connectivity index (χ0n) is 13.2. The molecule has 128 valence electrons. The molecule has 0 bridgehead atoms. The fraction of sp³-hybridized carbons (Fsp3) is 0.125. The van der Waals surface area contributed by atoms with Gasteiger partial charge in [-0.1, -0.05) is 11.6 Å². The molecule has 2 aromatic rings. The summed E-state index contributed by atoms with van der Waals surface area (Å²) >= 11 is 6.11. The van der Waals surface area contributed by atoms with Crippen LogP contribution in [0.5, 0.6) is 0 Å². The fourth-order valence-electron chi connectivity index (χ4n) is 2.71. The number of benzene rings is 1. The van der Waals surface area contributed by atoms with Gasteiger partial charge < -0.3 is 10.5 Å². The smallest absolute Gasteiger partial charge is 0.339 e. The molecule has 0 radical (unpaired) electrons. The quantitative estimate of drug-likeness (QED) is 0.609. The molecule has 0 aliphatic carbocycles. The van der Waals surface area contributed by atoms with Gasteiger partial charge in [0.15, 0.2) is 0 Å². The number of esters is 1. The van der Waals surface area contributed by atoms with Crippen molar-refractivity contribution in [3.63, 3.8) is 0 Å². The summed E-state index contributed by atoms with van der Waals surface area (Å²) in [6, 6.07) is 3.86. The second-order valence-electron chi connectivity index (χ2n) is 5.39. The van der Waals surface area contributed by atoms with Crippen LogP contribution in [-0.4, -0.2) is 29.5 Å². The number of nitrogens with two attached hydrogens (primary N) is 1. The maximum absolute atomic E-state index is 12.4. The fourth-order valence-corrected chi connectivity index (χ4v) is 2.94. The van der Waals surface area contributed by atoms with Gasteiger partial charge in [-0.15, -0.1) is 0 Å². The second kappa shape index (κ2) is 5.75. The van der Waals surface area contributed by atoms with Crippen LogP contribution in [0.25, 0.3) is 5.69 Å². The Kier molecular flexibility index (Phi) is 3.84. The van der Waals surface area contributed by atoms with Crippen molar-refractivity contribution in [2.24, 2.45) is 0 Å². The number of aryl methyl sites for hydroxylation is 1. The highest BCUT2D eigenvalue weighted by Crippen LogP contribution is 2.28. The number of carbonyl (C=O) groups excluding carboxylic acids is 3. The number of halogens is 1. The average molecular weight is 362 g/mol. The molecule has 1 aliphatic heterocycles. The van der Waals surface area contributed by atoms with E-state index in [1.807, 2.05) is 0 Å². The van der Waals surface area contributed by atoms with Gasteiger partial charge >= 0.3 is 5.97 Å². The van der Waals surface area contributed by atoms with Crippen molar-refractivity contribution < 1.29 is 19.1 Å². The van der Waals surface area contributed by atoms with Crippen LogP contribution in [0.3, 0.4) is 0 Å². The topological polar surface area (TPSA) is 120 Å². The lowest BCUT2D eigenvalue weighted by Crippen LogP contribution is -2.25. The van der Waals surface area contributed by atoms with Crippen LogP contribution in [0.1, 0.15) is 36.6 Å². The zero-order chi connectivity index (χ0) is 18.5. The maximum Gasteiger partial charge on any atom is 0.339 e. The summed E-state index contributed by atoms with van der Waals surface area (Å²) in [4.78, 5) is 47.8. The lowest BCUT2D eigenvalue weighted by molar-refractivity contribution is 0.0600. The molecule has 3 N–H and O–H groups in total. The van der Waals surface area contributed by atoms with E-state index in [0.717, 1.165) is 10.6 Å². The minimum Gasteiger partial charge on any atom is -0.465 e. The first-order valence-electron chi connectivity index (χ1n) is 7.06. The number of hydrogen-bond donors (Lipinski definition) is 2. The average Bonchev–Trinajstić information content (AvgIpc) is 2.83. The standard InChI is InChI=1S/C16H12ClN3O5/c1-6-3-7(16(24)25-2)9(17)5-10(6)20-11(21)4-8-12(13(20)18)15(23)19-14(8)22/h3-5H,18H2,1-2H3,(H,19,22,23). The Morgan fingerprint density at radius 2 is 1.88 bits per heavy atom. The summed E-state index contributed by atoms with van der Waals surface area (Å²) in [7, 11) is 1.22. The predicted octanol–water partition coefficient (Wildman–Crippen LogP) is 1.05. The first kappa shape index (κ1) is 16.7. The third-order valence-electron chi connectivity index (χ3n) is 3.89. The molecule has 25 heavy (non-hydrogen) atoms. The van der Waals surface area contributed by atoms with Gasteiger partial charge in [0, 0.05) is 6.07 Å². The van der Waals surface area contributed by atoms with Gasteiger partial charge in [0.1, 0.15) is 5.82 Å². The molecule has 9 heteroatoms. The van der Waals surface area contributed by atoms with E-state index in [4.69, 9.17) is 17.3 Å². The summed E-state index contributed by atoms with van der Waals surface area (Å²) in [5.41, 5.74) is 6.15. The Labute approximate surface area is 146 Å². The number of hydrogen-bond acceptors (Lipinski definition) is 6. The van der Waals surface area contributed by atoms with Crippen LogP contribution in [0.4, 0.5) is 5.82 Å². The summed E-state index contributed by atoms with van der Waals surface area (Å²) in [5, 5.41) is 2.14. The molecule has 0 unspecified atom stereocenters. The molecule has 0 atom stereocenters. The highest BCUT2D eigenvalue weighted by atomic mass is 35.5. The lowest BCUT2D eigenvalue weighted by atomic mass is 10.1. The number of rotatable bonds is 2. The Morgan fingerprint density at radius 1 is 1.20 bits per heavy atom. The van der Waals surface area contributed by atoms with Gasteiger partial charge in [-0.05, 0) is 24.6 Å². The molecule has 8 nitrogen and oxygen atoms in total. The van der Waals surface area contributed by atoms with Gasteiger partial charge in [-0.2, -0.15) is 0 Å². The van der Waals surface area contributed by atoms with Crippen LogP contribution in [0, 0.1) is 6.92 Å². The molecule has 0 saturated carbocycles. The molecule has 1 aromatic heterocycles. The van der Waals surface area contributed by atoms with E-state index in [-0.39, 0.29) is 33.2 Å². The van der Waals surface area contributed by atoms with E-state index >= 15 is 0 Å². The van der Waals surface area contributed by atoms with E-state index in [0.29, 0.717) is 5.56 Å². The van der Waals surface area contributed by atoms with Crippen LogP contribution < -0.4 is 16.6 Å². The largest absolute Gasteiger partial charge is 0.465 e. The Hall–Kier alpha value is -3.13. The first-order chi connectivity index (χ1) is 11.8. The molecule has 1 aliphatic rings. The third-order valence-corrected chi connectivity index (χ3v) is 4.20. The van der Waals surface area contributed by atoms with Crippen molar-refractivity contribution in [2.75, 3.05) is 12.8 Å². The van der Waals surface area contributed by atoms with Crippen LogP contribution >= 0.6 is 11.6 Å². The summed E-state index contributed by atoms with van der Waals surface area (Å²) in [6.45, 7) is 1.64. The lowest BCUT2D eigenvalue weighted by Gasteiger charge is -2.15. The van der Waals surface area contributed by atoms with Gasteiger partial charge in [-0.25, -0.2) is 4.79 Å². The monoisotopic (exact) mass is 361 g/mol. The van der Waals surface area contributed by atoms with Crippen LogP contribution in [-0.2, 0) is 4.74 Å². The van der Waals surface area contributed by atoms with Crippen LogP contribution in [0.2, 0.25) is 5.02 Å². The van der Waals surface area contributed by atoms with Gasteiger partial charge in [0.25, 0.3) is 17.4 Å². The van der Waals surface area contributed by atoms with Crippen molar-refractivity contribution in [3.05, 3.63) is 55.8 Å². The van der Waals surface area contributed by atoms with Crippen molar-refractivity contribution in [2.45, 2.75) is 6.92 Å². The van der Waals surface area contributed by atoms with E-state index < -0.39 is 23.3 Å². The number of carbonyl (C=O) groups is 3. The number of nitrogens with zero attached hydrogens (tertiary/aromatic N) is 1. The molecule has 2 amide bonds. The molecule has 0 saturated heterocycles. The third kappa shape index (κ3) is 2.47. The molecule has 0 spiro atoms. The summed E-state index contributed by atoms with van der Waals surface area (Å²) in [6.07, 6.45) is 0.